The predicted molar refractivity (Wildman–Crippen MR) is 56.4 cm³/mol. The van der Waals surface area contributed by atoms with Gasteiger partial charge in [0.1, 0.15) is 0 Å². The molecular weight excluding hydrogens is 198 g/mol. The molecule has 0 unspecified atom stereocenters. The van der Waals surface area contributed by atoms with Crippen LogP contribution in [0.4, 0.5) is 0 Å². The molecule has 0 radical (unpaired) electrons. The number of aliphatic carboxylic acids is 1. The summed E-state index contributed by atoms with van der Waals surface area (Å²) in [4.78, 5) is 10.7. The van der Waals surface area contributed by atoms with Crippen LogP contribution in [0.2, 0.25) is 0 Å². The van der Waals surface area contributed by atoms with Gasteiger partial charge in [0, 0.05) is 19.9 Å². The second-order valence-corrected chi connectivity index (χ2v) is 3.04. The quantitative estimate of drug-likeness (QED) is 0.491. The minimum absolute atomic E-state index is 0.323. The molecule has 0 spiro atoms. The van der Waals surface area contributed by atoms with Gasteiger partial charge in [0.2, 0.25) is 0 Å². The molecule has 0 rings (SSSR count). The second-order valence-electron chi connectivity index (χ2n) is 3.04. The van der Waals surface area contributed by atoms with Gasteiger partial charge < -0.3 is 19.9 Å². The van der Waals surface area contributed by atoms with Gasteiger partial charge in [-0.3, -0.25) is 0 Å². The van der Waals surface area contributed by atoms with E-state index in [-0.39, 0.29) is 6.29 Å². The molecule has 88 valence electrons. The average molecular weight is 217 g/mol. The number of hydrogen-bond donors (Lipinski definition) is 2. The normalized spacial score (nSPS) is 12.6. The smallest absolute Gasteiger partial charge is 0.333 e. The fourth-order valence-electron chi connectivity index (χ4n) is 1.12. The lowest BCUT2D eigenvalue weighted by atomic mass is 10.2. The molecule has 0 aliphatic carbocycles. The van der Waals surface area contributed by atoms with Gasteiger partial charge in [-0.1, -0.05) is 6.92 Å². The van der Waals surface area contributed by atoms with Gasteiger partial charge in [-0.15, -0.1) is 0 Å². The lowest BCUT2D eigenvalue weighted by Crippen LogP contribution is -2.30. The zero-order valence-corrected chi connectivity index (χ0v) is 9.66. The van der Waals surface area contributed by atoms with Crippen LogP contribution in [0.15, 0.2) is 11.3 Å². The summed E-state index contributed by atoms with van der Waals surface area (Å²) in [6.07, 6.45) is 0.270. The molecule has 0 bridgehead atoms. The highest BCUT2D eigenvalue weighted by atomic mass is 16.7. The molecule has 0 heterocycles. The average Bonchev–Trinajstić information content (AvgIpc) is 2.24. The fourth-order valence-corrected chi connectivity index (χ4v) is 1.12. The van der Waals surface area contributed by atoms with E-state index in [1.165, 1.54) is 14.2 Å². The molecule has 0 fully saturated rings. The van der Waals surface area contributed by atoms with E-state index in [1.54, 1.807) is 6.92 Å². The monoisotopic (exact) mass is 217 g/mol. The van der Waals surface area contributed by atoms with Crippen molar-refractivity contribution in [3.05, 3.63) is 11.3 Å². The Hall–Kier alpha value is -1.07. The Bertz CT molecular complexity index is 234. The Morgan fingerprint density at radius 3 is 2.27 bits per heavy atom. The summed E-state index contributed by atoms with van der Waals surface area (Å²) in [5, 5.41) is 11.8. The van der Waals surface area contributed by atoms with Crippen molar-refractivity contribution in [2.24, 2.45) is 0 Å². The Balaban J connectivity index is 4.34. The van der Waals surface area contributed by atoms with Crippen LogP contribution in [0.25, 0.3) is 0 Å². The first-order chi connectivity index (χ1) is 7.06. The van der Waals surface area contributed by atoms with Crippen LogP contribution in [-0.4, -0.2) is 38.1 Å². The summed E-state index contributed by atoms with van der Waals surface area (Å²) in [7, 11) is 3.07. The van der Waals surface area contributed by atoms with Crippen LogP contribution in [0.5, 0.6) is 0 Å². The van der Waals surface area contributed by atoms with Gasteiger partial charge in [0.25, 0.3) is 0 Å². The molecule has 0 aromatic carbocycles. The molecule has 0 aliphatic rings. The molecule has 0 saturated heterocycles. The molecule has 0 atom stereocenters. The lowest BCUT2D eigenvalue weighted by molar-refractivity contribution is -0.132. The minimum Gasteiger partial charge on any atom is -0.478 e. The SMILES string of the molecule is CCC(NCC(OC)OC)=C(C)C(=O)O. The zero-order chi connectivity index (χ0) is 11.8. The maximum Gasteiger partial charge on any atom is 0.333 e. The van der Waals surface area contributed by atoms with Crippen LogP contribution in [0, 0.1) is 0 Å². The highest BCUT2D eigenvalue weighted by Crippen LogP contribution is 2.05. The van der Waals surface area contributed by atoms with Crippen molar-refractivity contribution in [3.63, 3.8) is 0 Å². The number of hydrogen-bond acceptors (Lipinski definition) is 4. The third-order valence-corrected chi connectivity index (χ3v) is 2.13. The van der Waals surface area contributed by atoms with Gasteiger partial charge in [-0.2, -0.15) is 0 Å². The maximum absolute atomic E-state index is 10.7. The van der Waals surface area contributed by atoms with Gasteiger partial charge in [-0.25, -0.2) is 4.79 Å². The Morgan fingerprint density at radius 2 is 1.93 bits per heavy atom. The molecule has 2 N–H and O–H groups in total. The summed E-state index contributed by atoms with van der Waals surface area (Å²) in [6, 6.07) is 0. The van der Waals surface area contributed by atoms with Crippen molar-refractivity contribution in [2.75, 3.05) is 20.8 Å². The highest BCUT2D eigenvalue weighted by molar-refractivity contribution is 5.86. The summed E-state index contributed by atoms with van der Waals surface area (Å²) >= 11 is 0. The van der Waals surface area contributed by atoms with E-state index in [0.29, 0.717) is 24.2 Å². The number of rotatable bonds is 7. The Kier molecular flexibility index (Phi) is 6.73. The van der Waals surface area contributed by atoms with Crippen molar-refractivity contribution in [3.8, 4) is 0 Å². The number of nitrogens with one attached hydrogen (secondary N) is 1. The van der Waals surface area contributed by atoms with E-state index in [2.05, 4.69) is 5.32 Å². The summed E-state index contributed by atoms with van der Waals surface area (Å²) in [6.45, 7) is 3.90. The Labute approximate surface area is 90.1 Å². The van der Waals surface area contributed by atoms with Crippen molar-refractivity contribution in [1.82, 2.24) is 5.32 Å². The Morgan fingerprint density at radius 1 is 1.40 bits per heavy atom. The fraction of sp³-hybridized carbons (Fsp3) is 0.700. The number of carbonyl (C=O) groups is 1. The lowest BCUT2D eigenvalue weighted by Gasteiger charge is -2.17. The van der Waals surface area contributed by atoms with Crippen molar-refractivity contribution >= 4 is 5.97 Å². The number of carboxylic acids is 1. The summed E-state index contributed by atoms with van der Waals surface area (Å²) in [5.74, 6) is -0.911. The first-order valence-electron chi connectivity index (χ1n) is 4.79. The first-order valence-corrected chi connectivity index (χ1v) is 4.79. The first kappa shape index (κ1) is 13.9. The van der Waals surface area contributed by atoms with Crippen LogP contribution >= 0.6 is 0 Å². The van der Waals surface area contributed by atoms with Crippen LogP contribution < -0.4 is 5.32 Å². The zero-order valence-electron chi connectivity index (χ0n) is 9.66. The highest BCUT2D eigenvalue weighted by Gasteiger charge is 2.10. The van der Waals surface area contributed by atoms with Crippen LogP contribution in [0.1, 0.15) is 20.3 Å². The summed E-state index contributed by atoms with van der Waals surface area (Å²) in [5.41, 5.74) is 1.02. The van der Waals surface area contributed by atoms with E-state index in [4.69, 9.17) is 14.6 Å². The maximum atomic E-state index is 10.7. The molecule has 0 aliphatic heterocycles. The van der Waals surface area contributed by atoms with E-state index >= 15 is 0 Å². The van der Waals surface area contributed by atoms with Crippen molar-refractivity contribution < 1.29 is 19.4 Å². The number of allylic oxidation sites excluding steroid dienone is 1. The minimum atomic E-state index is -0.911. The van der Waals surface area contributed by atoms with Crippen LogP contribution in [0.3, 0.4) is 0 Å². The van der Waals surface area contributed by atoms with E-state index in [9.17, 15) is 4.79 Å². The van der Waals surface area contributed by atoms with Crippen molar-refractivity contribution in [1.29, 1.82) is 0 Å². The topological polar surface area (TPSA) is 67.8 Å². The summed E-state index contributed by atoms with van der Waals surface area (Å²) < 4.78 is 9.96. The third-order valence-electron chi connectivity index (χ3n) is 2.13. The van der Waals surface area contributed by atoms with Crippen LogP contribution in [-0.2, 0) is 14.3 Å². The second kappa shape index (κ2) is 7.25. The molecule has 0 amide bonds. The number of methoxy groups -OCH3 is 2. The van der Waals surface area contributed by atoms with Gasteiger partial charge >= 0.3 is 5.97 Å². The van der Waals surface area contributed by atoms with Gasteiger partial charge in [-0.05, 0) is 13.3 Å². The largest absolute Gasteiger partial charge is 0.478 e. The third kappa shape index (κ3) is 4.80. The molecular formula is C10H19NO4. The number of ether oxygens (including phenoxy) is 2. The van der Waals surface area contributed by atoms with E-state index < -0.39 is 5.97 Å². The molecule has 5 nitrogen and oxygen atoms in total. The van der Waals surface area contributed by atoms with E-state index in [1.807, 2.05) is 6.92 Å². The number of carboxylic acid groups (broad SMARTS) is 1. The molecule has 5 heteroatoms. The van der Waals surface area contributed by atoms with Gasteiger partial charge in [0.05, 0.1) is 12.1 Å². The molecule has 0 aromatic heterocycles. The van der Waals surface area contributed by atoms with Gasteiger partial charge in [0.15, 0.2) is 6.29 Å². The predicted octanol–water partition coefficient (Wildman–Crippen LogP) is 0.964. The standard InChI is InChI=1S/C10H19NO4/c1-5-8(7(2)10(12)13)11-6-9(14-3)15-4/h9,11H,5-6H2,1-4H3,(H,12,13). The molecule has 0 saturated carbocycles. The molecule has 0 aromatic rings. The van der Waals surface area contributed by atoms with Crippen molar-refractivity contribution in [2.45, 2.75) is 26.6 Å². The molecule has 15 heavy (non-hydrogen) atoms. The van der Waals surface area contributed by atoms with E-state index in [0.717, 1.165) is 0 Å².